The number of anilines is 1. The first-order valence-electron chi connectivity index (χ1n) is 7.89. The smallest absolute Gasteiger partial charge is 0.260 e. The lowest BCUT2D eigenvalue weighted by Gasteiger charge is -2.09. The number of carbonyl (C=O) groups excluding carboxylic acids is 1. The van der Waals surface area contributed by atoms with Gasteiger partial charge in [-0.3, -0.25) is 10.1 Å². The van der Waals surface area contributed by atoms with E-state index in [1.54, 1.807) is 18.3 Å². The Morgan fingerprint density at radius 3 is 2.60 bits per heavy atom. The number of carbonyl (C=O) groups is 1. The lowest BCUT2D eigenvalue weighted by molar-refractivity contribution is 0.102. The second-order valence-electron chi connectivity index (χ2n) is 5.82. The fourth-order valence-electron chi connectivity index (χ4n) is 2.22. The number of thiazole rings is 1. The highest BCUT2D eigenvalue weighted by Crippen LogP contribution is 2.30. The highest BCUT2D eigenvalue weighted by molar-refractivity contribution is 7.99. The molecule has 0 aliphatic carbocycles. The molecule has 0 aliphatic rings. The number of benzene rings is 1. The summed E-state index contributed by atoms with van der Waals surface area (Å²) < 4.78 is 0. The maximum absolute atomic E-state index is 12.7. The lowest BCUT2D eigenvalue weighted by atomic mass is 10.1. The SMILES string of the molecule is Cc1ccc(Sc2ncccc2C(=O)Nc2nc(C)c(C)s2)cc1C. The Bertz CT molecular complexity index is 915. The van der Waals surface area contributed by atoms with E-state index in [0.717, 1.165) is 15.5 Å². The molecular weight excluding hydrogens is 350 g/mol. The molecule has 0 bridgehead atoms. The summed E-state index contributed by atoms with van der Waals surface area (Å²) in [7, 11) is 0. The van der Waals surface area contributed by atoms with Crippen LogP contribution >= 0.6 is 23.1 Å². The molecule has 0 spiro atoms. The lowest BCUT2D eigenvalue weighted by Crippen LogP contribution is -2.13. The summed E-state index contributed by atoms with van der Waals surface area (Å²) in [6.45, 7) is 8.10. The topological polar surface area (TPSA) is 54.9 Å². The molecule has 3 aromatic rings. The van der Waals surface area contributed by atoms with Gasteiger partial charge in [-0.2, -0.15) is 0 Å². The average molecular weight is 370 g/mol. The second kappa shape index (κ2) is 7.37. The van der Waals surface area contributed by atoms with Gasteiger partial charge in [0.05, 0.1) is 11.3 Å². The van der Waals surface area contributed by atoms with Crippen LogP contribution in [-0.2, 0) is 0 Å². The second-order valence-corrected chi connectivity index (χ2v) is 8.08. The van der Waals surface area contributed by atoms with Crippen molar-refractivity contribution in [3.05, 3.63) is 63.8 Å². The molecule has 1 N–H and O–H groups in total. The van der Waals surface area contributed by atoms with E-state index in [0.29, 0.717) is 15.7 Å². The first-order valence-corrected chi connectivity index (χ1v) is 9.53. The normalized spacial score (nSPS) is 10.7. The van der Waals surface area contributed by atoms with Crippen LogP contribution in [0.3, 0.4) is 0 Å². The van der Waals surface area contributed by atoms with Gasteiger partial charge in [-0.1, -0.05) is 17.8 Å². The van der Waals surface area contributed by atoms with Crippen molar-refractivity contribution >= 4 is 34.1 Å². The van der Waals surface area contributed by atoms with E-state index in [1.165, 1.54) is 34.2 Å². The summed E-state index contributed by atoms with van der Waals surface area (Å²) in [5.41, 5.74) is 3.96. The minimum Gasteiger partial charge on any atom is -0.298 e. The molecule has 0 atom stereocenters. The quantitative estimate of drug-likeness (QED) is 0.689. The Balaban J connectivity index is 1.84. The van der Waals surface area contributed by atoms with Gasteiger partial charge >= 0.3 is 0 Å². The molecule has 25 heavy (non-hydrogen) atoms. The van der Waals surface area contributed by atoms with E-state index in [1.807, 2.05) is 13.8 Å². The van der Waals surface area contributed by atoms with Gasteiger partial charge in [0, 0.05) is 16.0 Å². The van der Waals surface area contributed by atoms with Gasteiger partial charge in [0.1, 0.15) is 5.03 Å². The third-order valence-electron chi connectivity index (χ3n) is 3.96. The first-order chi connectivity index (χ1) is 11.9. The Morgan fingerprint density at radius 1 is 1.12 bits per heavy atom. The third kappa shape index (κ3) is 4.08. The molecule has 6 heteroatoms. The van der Waals surface area contributed by atoms with Crippen molar-refractivity contribution < 1.29 is 4.79 Å². The largest absolute Gasteiger partial charge is 0.298 e. The summed E-state index contributed by atoms with van der Waals surface area (Å²) in [4.78, 5) is 23.6. The van der Waals surface area contributed by atoms with Crippen LogP contribution in [0.2, 0.25) is 0 Å². The van der Waals surface area contributed by atoms with Crippen LogP contribution in [-0.4, -0.2) is 15.9 Å². The summed E-state index contributed by atoms with van der Waals surface area (Å²) in [6, 6.07) is 9.82. The fourth-order valence-corrected chi connectivity index (χ4v) is 4.01. The predicted octanol–water partition coefficient (Wildman–Crippen LogP) is 5.18. The van der Waals surface area contributed by atoms with Gasteiger partial charge in [-0.25, -0.2) is 9.97 Å². The first kappa shape index (κ1) is 17.6. The van der Waals surface area contributed by atoms with Gasteiger partial charge < -0.3 is 0 Å². The molecule has 128 valence electrons. The van der Waals surface area contributed by atoms with Gasteiger partial charge in [0.25, 0.3) is 5.91 Å². The molecule has 0 saturated heterocycles. The van der Waals surface area contributed by atoms with Crippen LogP contribution in [0.25, 0.3) is 0 Å². The molecule has 1 aromatic carbocycles. The number of pyridine rings is 1. The van der Waals surface area contributed by atoms with E-state index >= 15 is 0 Å². The molecule has 0 unspecified atom stereocenters. The molecule has 0 aliphatic heterocycles. The van der Waals surface area contributed by atoms with E-state index in [-0.39, 0.29) is 5.91 Å². The maximum atomic E-state index is 12.7. The zero-order valence-corrected chi connectivity index (χ0v) is 16.2. The van der Waals surface area contributed by atoms with Gasteiger partial charge in [-0.05, 0) is 63.1 Å². The zero-order valence-electron chi connectivity index (χ0n) is 14.6. The predicted molar refractivity (Wildman–Crippen MR) is 104 cm³/mol. The number of aryl methyl sites for hydroxylation is 4. The van der Waals surface area contributed by atoms with Gasteiger partial charge in [-0.15, -0.1) is 11.3 Å². The van der Waals surface area contributed by atoms with Crippen molar-refractivity contribution in [3.8, 4) is 0 Å². The van der Waals surface area contributed by atoms with E-state index in [4.69, 9.17) is 0 Å². The number of rotatable bonds is 4. The van der Waals surface area contributed by atoms with E-state index in [2.05, 4.69) is 47.3 Å². The Morgan fingerprint density at radius 2 is 1.92 bits per heavy atom. The number of amides is 1. The van der Waals surface area contributed by atoms with Crippen LogP contribution < -0.4 is 5.32 Å². The number of aromatic nitrogens is 2. The summed E-state index contributed by atoms with van der Waals surface area (Å²) in [5.74, 6) is -0.187. The zero-order chi connectivity index (χ0) is 18.0. The van der Waals surface area contributed by atoms with Crippen molar-refractivity contribution in [2.75, 3.05) is 5.32 Å². The van der Waals surface area contributed by atoms with Crippen LogP contribution in [0.4, 0.5) is 5.13 Å². The van der Waals surface area contributed by atoms with Crippen LogP contribution in [0.1, 0.15) is 32.1 Å². The minimum absolute atomic E-state index is 0.187. The molecule has 0 fully saturated rings. The molecule has 1 amide bonds. The van der Waals surface area contributed by atoms with Crippen LogP contribution in [0, 0.1) is 27.7 Å². The molecule has 0 radical (unpaired) electrons. The summed E-state index contributed by atoms with van der Waals surface area (Å²) >= 11 is 2.98. The molecule has 2 aromatic heterocycles. The molecular formula is C19H19N3OS2. The minimum atomic E-state index is -0.187. The Labute approximate surface area is 155 Å². The van der Waals surface area contributed by atoms with E-state index < -0.39 is 0 Å². The van der Waals surface area contributed by atoms with Crippen molar-refractivity contribution in [2.45, 2.75) is 37.6 Å². The summed E-state index contributed by atoms with van der Waals surface area (Å²) in [5, 5.41) is 4.19. The van der Waals surface area contributed by atoms with Crippen molar-refractivity contribution in [1.29, 1.82) is 0 Å². The molecule has 3 rings (SSSR count). The van der Waals surface area contributed by atoms with Gasteiger partial charge in [0.15, 0.2) is 5.13 Å². The fraction of sp³-hybridized carbons (Fsp3) is 0.211. The Hall–Kier alpha value is -2.18. The number of nitrogens with one attached hydrogen (secondary N) is 1. The number of hydrogen-bond acceptors (Lipinski definition) is 5. The third-order valence-corrected chi connectivity index (χ3v) is 5.95. The number of hydrogen-bond donors (Lipinski definition) is 1. The van der Waals surface area contributed by atoms with Crippen molar-refractivity contribution in [3.63, 3.8) is 0 Å². The van der Waals surface area contributed by atoms with Crippen molar-refractivity contribution in [1.82, 2.24) is 9.97 Å². The van der Waals surface area contributed by atoms with Crippen LogP contribution in [0.15, 0.2) is 46.5 Å². The summed E-state index contributed by atoms with van der Waals surface area (Å²) in [6.07, 6.45) is 1.71. The standard InChI is InChI=1S/C19H19N3OS2/c1-11-7-8-15(10-12(11)2)25-18-16(6-5-9-20-18)17(23)22-19-21-13(3)14(4)24-19/h5-10H,1-4H3,(H,21,22,23). The Kier molecular flexibility index (Phi) is 5.20. The highest BCUT2D eigenvalue weighted by Gasteiger charge is 2.16. The number of nitrogens with zero attached hydrogens (tertiary/aromatic N) is 2. The van der Waals surface area contributed by atoms with Crippen molar-refractivity contribution in [2.24, 2.45) is 0 Å². The monoisotopic (exact) mass is 369 g/mol. The van der Waals surface area contributed by atoms with E-state index in [9.17, 15) is 4.79 Å². The highest BCUT2D eigenvalue weighted by atomic mass is 32.2. The molecule has 2 heterocycles. The van der Waals surface area contributed by atoms with Crippen LogP contribution in [0.5, 0.6) is 0 Å². The van der Waals surface area contributed by atoms with Gasteiger partial charge in [0.2, 0.25) is 0 Å². The molecule has 0 saturated carbocycles. The molecule has 4 nitrogen and oxygen atoms in total. The maximum Gasteiger partial charge on any atom is 0.260 e. The average Bonchev–Trinajstić information content (AvgIpc) is 2.89.